The molecule has 1 amide bonds. The van der Waals surface area contributed by atoms with Crippen LogP contribution in [0.5, 0.6) is 11.5 Å². The van der Waals surface area contributed by atoms with Gasteiger partial charge in [-0.1, -0.05) is 53.0 Å². The molecular weight excluding hydrogens is 554 g/mol. The summed E-state index contributed by atoms with van der Waals surface area (Å²) in [6.07, 6.45) is 1.37. The van der Waals surface area contributed by atoms with Gasteiger partial charge in [-0.15, -0.1) is 0 Å². The molecule has 11 heteroatoms. The number of nitrogens with one attached hydrogen (secondary N) is 1. The zero-order valence-corrected chi connectivity index (χ0v) is 21.5. The first-order valence-electron chi connectivity index (χ1n) is 11.0. The van der Waals surface area contributed by atoms with Crippen LogP contribution in [-0.2, 0) is 0 Å². The van der Waals surface area contributed by atoms with Gasteiger partial charge in [0, 0.05) is 34.1 Å². The molecule has 2 heterocycles. The summed E-state index contributed by atoms with van der Waals surface area (Å²) in [5, 5.41) is 3.87. The molecule has 0 bridgehead atoms. The molecule has 0 saturated heterocycles. The van der Waals surface area contributed by atoms with Crippen molar-refractivity contribution in [1.29, 1.82) is 0 Å². The number of carbonyl (C=O) groups is 1. The highest BCUT2D eigenvalue weighted by Gasteiger charge is 2.19. The monoisotopic (exact) mass is 568 g/mol. The van der Waals surface area contributed by atoms with E-state index < -0.39 is 17.3 Å². The predicted molar refractivity (Wildman–Crippen MR) is 148 cm³/mol. The van der Waals surface area contributed by atoms with E-state index in [9.17, 15) is 14.0 Å². The summed E-state index contributed by atoms with van der Waals surface area (Å²) in [5.41, 5.74) is 5.92. The Morgan fingerprint density at radius 2 is 1.68 bits per heavy atom. The molecule has 0 atom stereocenters. The van der Waals surface area contributed by atoms with E-state index >= 15 is 0 Å². The SMILES string of the molecule is Nc1nccc(Oc2ccc(NC(=O)c3cc4ccccc4n(-c4cc(Cl)cc(Cl)c4)c3=O)cc2F)c1Cl. The molecule has 2 aromatic heterocycles. The summed E-state index contributed by atoms with van der Waals surface area (Å²) in [6.45, 7) is 0. The molecule has 5 rings (SSSR count). The molecule has 3 N–H and O–H groups in total. The molecule has 190 valence electrons. The minimum Gasteiger partial charge on any atom is -0.453 e. The lowest BCUT2D eigenvalue weighted by molar-refractivity contribution is 0.102. The largest absolute Gasteiger partial charge is 0.453 e. The van der Waals surface area contributed by atoms with Crippen LogP contribution < -0.4 is 21.3 Å². The summed E-state index contributed by atoms with van der Waals surface area (Å²) < 4.78 is 21.7. The molecule has 0 saturated carbocycles. The van der Waals surface area contributed by atoms with E-state index in [4.69, 9.17) is 45.3 Å². The molecule has 0 aliphatic rings. The summed E-state index contributed by atoms with van der Waals surface area (Å²) in [4.78, 5) is 30.5. The van der Waals surface area contributed by atoms with Crippen LogP contribution in [0.4, 0.5) is 15.9 Å². The molecule has 0 spiro atoms. The number of ether oxygens (including phenoxy) is 1. The number of para-hydroxylation sites is 1. The van der Waals surface area contributed by atoms with Crippen molar-refractivity contribution in [3.8, 4) is 17.2 Å². The molecule has 0 fully saturated rings. The Morgan fingerprint density at radius 1 is 0.947 bits per heavy atom. The minimum atomic E-state index is -0.779. The summed E-state index contributed by atoms with van der Waals surface area (Å²) in [5.74, 6) is -1.51. The van der Waals surface area contributed by atoms with Crippen molar-refractivity contribution in [3.63, 3.8) is 0 Å². The molecule has 3 aromatic carbocycles. The fourth-order valence-corrected chi connectivity index (χ4v) is 4.51. The standard InChI is InChI=1S/C27H16Cl3FN4O3/c28-15-10-16(29)12-18(11-15)35-21-4-2-1-3-14(21)9-19(27(35)37)26(36)34-17-5-6-22(20(31)13-17)38-23-7-8-33-25(32)24(23)30/h1-13H,(H2,32,33)(H,34,36). The van der Waals surface area contributed by atoms with Crippen LogP contribution in [0.15, 0.2) is 83.8 Å². The molecule has 38 heavy (non-hydrogen) atoms. The van der Waals surface area contributed by atoms with Crippen molar-refractivity contribution >= 4 is 63.1 Å². The van der Waals surface area contributed by atoms with Crippen LogP contribution >= 0.6 is 34.8 Å². The van der Waals surface area contributed by atoms with Gasteiger partial charge in [0.05, 0.1) is 11.2 Å². The Balaban J connectivity index is 1.49. The van der Waals surface area contributed by atoms with Crippen molar-refractivity contribution in [2.45, 2.75) is 0 Å². The third kappa shape index (κ3) is 5.02. The summed E-state index contributed by atoms with van der Waals surface area (Å²) in [6, 6.07) is 18.4. The number of nitrogens with two attached hydrogens (primary N) is 1. The summed E-state index contributed by atoms with van der Waals surface area (Å²) >= 11 is 18.4. The van der Waals surface area contributed by atoms with Gasteiger partial charge in [0.15, 0.2) is 17.3 Å². The third-order valence-corrected chi connectivity index (χ3v) is 6.37. The number of anilines is 2. The molecule has 0 unspecified atom stereocenters. The molecule has 7 nitrogen and oxygen atoms in total. The number of amides is 1. The Kier molecular flexibility index (Phi) is 6.94. The maximum absolute atomic E-state index is 14.8. The van der Waals surface area contributed by atoms with Gasteiger partial charge >= 0.3 is 0 Å². The van der Waals surface area contributed by atoms with Crippen LogP contribution in [0, 0.1) is 5.82 Å². The Hall–Kier alpha value is -4.11. The van der Waals surface area contributed by atoms with Crippen LogP contribution in [-0.4, -0.2) is 15.5 Å². The van der Waals surface area contributed by atoms with Crippen LogP contribution in [0.3, 0.4) is 0 Å². The number of carbonyl (C=O) groups excluding carboxylic acids is 1. The van der Waals surface area contributed by atoms with E-state index in [0.717, 1.165) is 6.07 Å². The number of nitrogens with zero attached hydrogens (tertiary/aromatic N) is 2. The Morgan fingerprint density at radius 3 is 2.42 bits per heavy atom. The molecule has 0 aliphatic heterocycles. The smallest absolute Gasteiger partial charge is 0.268 e. The van der Waals surface area contributed by atoms with E-state index in [-0.39, 0.29) is 33.6 Å². The fourth-order valence-electron chi connectivity index (χ4n) is 3.85. The minimum absolute atomic E-state index is 0.0366. The van der Waals surface area contributed by atoms with E-state index in [2.05, 4.69) is 10.3 Å². The second-order valence-electron chi connectivity index (χ2n) is 8.09. The quantitative estimate of drug-likeness (QED) is 0.235. The lowest BCUT2D eigenvalue weighted by Gasteiger charge is -2.14. The highest BCUT2D eigenvalue weighted by Crippen LogP contribution is 2.34. The maximum atomic E-state index is 14.8. The molecule has 5 aromatic rings. The average molecular weight is 570 g/mol. The highest BCUT2D eigenvalue weighted by atomic mass is 35.5. The Bertz CT molecular complexity index is 1770. The molecule has 0 aliphatic carbocycles. The number of halogens is 4. The van der Waals surface area contributed by atoms with Crippen LogP contribution in [0.2, 0.25) is 15.1 Å². The maximum Gasteiger partial charge on any atom is 0.268 e. The number of hydrogen-bond acceptors (Lipinski definition) is 5. The lowest BCUT2D eigenvalue weighted by Crippen LogP contribution is -2.28. The van der Waals surface area contributed by atoms with Crippen LogP contribution in [0.1, 0.15) is 10.4 Å². The van der Waals surface area contributed by atoms with Gasteiger partial charge in [0.25, 0.3) is 11.5 Å². The topological polar surface area (TPSA) is 99.2 Å². The van der Waals surface area contributed by atoms with Gasteiger partial charge in [-0.3, -0.25) is 14.2 Å². The number of aromatic nitrogens is 2. The first-order chi connectivity index (χ1) is 18.2. The second kappa shape index (κ2) is 10.3. The van der Waals surface area contributed by atoms with Gasteiger partial charge in [0.1, 0.15) is 16.4 Å². The van der Waals surface area contributed by atoms with Crippen molar-refractivity contribution in [1.82, 2.24) is 9.55 Å². The zero-order valence-electron chi connectivity index (χ0n) is 19.2. The predicted octanol–water partition coefficient (Wildman–Crippen LogP) is 7.11. The third-order valence-electron chi connectivity index (χ3n) is 5.55. The average Bonchev–Trinajstić information content (AvgIpc) is 2.87. The van der Waals surface area contributed by atoms with Crippen molar-refractivity contribution in [2.75, 3.05) is 11.1 Å². The number of rotatable bonds is 5. The van der Waals surface area contributed by atoms with E-state index in [1.165, 1.54) is 41.1 Å². The second-order valence-corrected chi connectivity index (χ2v) is 9.35. The van der Waals surface area contributed by atoms with Gasteiger partial charge in [0.2, 0.25) is 0 Å². The normalized spacial score (nSPS) is 10.9. The highest BCUT2D eigenvalue weighted by molar-refractivity contribution is 6.35. The Labute approximate surface area is 230 Å². The van der Waals surface area contributed by atoms with Gasteiger partial charge in [-0.2, -0.15) is 0 Å². The number of pyridine rings is 2. The van der Waals surface area contributed by atoms with E-state index in [0.29, 0.717) is 26.6 Å². The first kappa shape index (κ1) is 25.5. The number of fused-ring (bicyclic) bond motifs is 1. The van der Waals surface area contributed by atoms with E-state index in [1.54, 1.807) is 36.4 Å². The van der Waals surface area contributed by atoms with Crippen molar-refractivity contribution < 1.29 is 13.9 Å². The molecule has 0 radical (unpaired) electrons. The lowest BCUT2D eigenvalue weighted by atomic mass is 10.1. The fraction of sp³-hybridized carbons (Fsp3) is 0. The number of hydrogen-bond donors (Lipinski definition) is 2. The number of benzene rings is 3. The van der Waals surface area contributed by atoms with Gasteiger partial charge in [-0.05, 0) is 47.9 Å². The summed E-state index contributed by atoms with van der Waals surface area (Å²) in [7, 11) is 0. The van der Waals surface area contributed by atoms with Crippen LogP contribution in [0.25, 0.3) is 16.6 Å². The first-order valence-corrected chi connectivity index (χ1v) is 12.1. The van der Waals surface area contributed by atoms with Crippen molar-refractivity contribution in [2.24, 2.45) is 0 Å². The van der Waals surface area contributed by atoms with Gasteiger partial charge < -0.3 is 15.8 Å². The van der Waals surface area contributed by atoms with Gasteiger partial charge in [-0.25, -0.2) is 9.37 Å². The zero-order chi connectivity index (χ0) is 27.0. The number of nitrogen functional groups attached to an aromatic ring is 1. The van der Waals surface area contributed by atoms with Crippen molar-refractivity contribution in [3.05, 3.63) is 116 Å². The van der Waals surface area contributed by atoms with E-state index in [1.807, 2.05) is 0 Å². The molecular formula is C27H16Cl3FN4O3.